The molecule has 0 bridgehead atoms. The lowest BCUT2D eigenvalue weighted by Gasteiger charge is -2.35. The Morgan fingerprint density at radius 2 is 2.38 bits per heavy atom. The van der Waals surface area contributed by atoms with Gasteiger partial charge in [0.15, 0.2) is 0 Å². The van der Waals surface area contributed by atoms with E-state index in [0.29, 0.717) is 0 Å². The van der Waals surface area contributed by atoms with Gasteiger partial charge in [0.1, 0.15) is 11.5 Å². The molecule has 1 atom stereocenters. The largest absolute Gasteiger partial charge is 0.497 e. The molecule has 86 valence electrons. The fourth-order valence-electron chi connectivity index (χ4n) is 2.54. The predicted molar refractivity (Wildman–Crippen MR) is 60.8 cm³/mol. The summed E-state index contributed by atoms with van der Waals surface area (Å²) >= 11 is 0. The van der Waals surface area contributed by atoms with E-state index in [9.17, 15) is 0 Å². The summed E-state index contributed by atoms with van der Waals surface area (Å²) in [6.45, 7) is 2.58. The number of methoxy groups -OCH3 is 1. The minimum atomic E-state index is 0.0299. The van der Waals surface area contributed by atoms with Gasteiger partial charge in [-0.3, -0.25) is 5.32 Å². The summed E-state index contributed by atoms with van der Waals surface area (Å²) in [7, 11) is 1.69. The Hall–Kier alpha value is -1.26. The lowest BCUT2D eigenvalue weighted by Crippen LogP contribution is -2.43. The van der Waals surface area contributed by atoms with Crippen molar-refractivity contribution in [2.75, 3.05) is 26.9 Å². The standard InChI is InChI=1S/C12H16N2O2/c1-15-9-2-3-11-10(6-9)12(4-5-16-11)7-13-8-14-12/h2-3,6,13-14H,4-5,7-8H2,1H3. The second kappa shape index (κ2) is 3.64. The summed E-state index contributed by atoms with van der Waals surface area (Å²) in [5, 5.41) is 6.89. The maximum Gasteiger partial charge on any atom is 0.124 e. The summed E-state index contributed by atoms with van der Waals surface area (Å²) in [4.78, 5) is 0. The molecule has 0 aromatic heterocycles. The number of rotatable bonds is 1. The van der Waals surface area contributed by atoms with E-state index in [2.05, 4.69) is 16.7 Å². The average molecular weight is 220 g/mol. The smallest absolute Gasteiger partial charge is 0.124 e. The molecule has 1 saturated heterocycles. The second-order valence-electron chi connectivity index (χ2n) is 4.32. The Morgan fingerprint density at radius 1 is 1.44 bits per heavy atom. The van der Waals surface area contributed by atoms with Crippen molar-refractivity contribution >= 4 is 0 Å². The van der Waals surface area contributed by atoms with Gasteiger partial charge in [0.25, 0.3) is 0 Å². The first-order valence-corrected chi connectivity index (χ1v) is 5.61. The molecule has 0 amide bonds. The minimum absolute atomic E-state index is 0.0299. The summed E-state index contributed by atoms with van der Waals surface area (Å²) in [5.74, 6) is 1.86. The fourth-order valence-corrected chi connectivity index (χ4v) is 2.54. The molecule has 1 aromatic rings. The molecule has 0 radical (unpaired) electrons. The highest BCUT2D eigenvalue weighted by molar-refractivity contribution is 5.46. The Labute approximate surface area is 94.9 Å². The SMILES string of the molecule is COc1ccc2c(c1)C1(CCO2)CNCN1. The Morgan fingerprint density at radius 3 is 3.12 bits per heavy atom. The average Bonchev–Trinajstić information content (AvgIpc) is 2.79. The predicted octanol–water partition coefficient (Wildman–Crippen LogP) is 0.823. The van der Waals surface area contributed by atoms with Crippen molar-refractivity contribution in [2.45, 2.75) is 12.0 Å². The lowest BCUT2D eigenvalue weighted by atomic mass is 9.85. The molecule has 2 N–H and O–H groups in total. The molecule has 1 unspecified atom stereocenters. The van der Waals surface area contributed by atoms with Crippen molar-refractivity contribution in [3.8, 4) is 11.5 Å². The molecular weight excluding hydrogens is 204 g/mol. The van der Waals surface area contributed by atoms with E-state index in [1.54, 1.807) is 7.11 Å². The van der Waals surface area contributed by atoms with Crippen LogP contribution in [-0.4, -0.2) is 26.9 Å². The Bertz CT molecular complexity index is 400. The maximum absolute atomic E-state index is 5.69. The van der Waals surface area contributed by atoms with Crippen LogP contribution < -0.4 is 20.1 Å². The van der Waals surface area contributed by atoms with Gasteiger partial charge in [0.2, 0.25) is 0 Å². The summed E-state index contributed by atoms with van der Waals surface area (Å²) in [6.07, 6.45) is 1.00. The van der Waals surface area contributed by atoms with Crippen LogP contribution in [0.3, 0.4) is 0 Å². The van der Waals surface area contributed by atoms with Crippen LogP contribution in [0.4, 0.5) is 0 Å². The van der Waals surface area contributed by atoms with E-state index >= 15 is 0 Å². The Kier molecular flexibility index (Phi) is 2.26. The van der Waals surface area contributed by atoms with Crippen molar-refractivity contribution in [2.24, 2.45) is 0 Å². The van der Waals surface area contributed by atoms with E-state index in [4.69, 9.17) is 9.47 Å². The fraction of sp³-hybridized carbons (Fsp3) is 0.500. The number of hydrogen-bond acceptors (Lipinski definition) is 4. The zero-order valence-corrected chi connectivity index (χ0v) is 9.38. The number of hydrogen-bond donors (Lipinski definition) is 2. The van der Waals surface area contributed by atoms with Crippen LogP contribution in [0.15, 0.2) is 18.2 Å². The highest BCUT2D eigenvalue weighted by atomic mass is 16.5. The van der Waals surface area contributed by atoms with Crippen molar-refractivity contribution in [3.05, 3.63) is 23.8 Å². The van der Waals surface area contributed by atoms with Crippen LogP contribution in [-0.2, 0) is 5.54 Å². The minimum Gasteiger partial charge on any atom is -0.497 e. The van der Waals surface area contributed by atoms with Crippen LogP contribution in [0.25, 0.3) is 0 Å². The molecular formula is C12H16N2O2. The molecule has 0 aliphatic carbocycles. The number of fused-ring (bicyclic) bond motifs is 2. The maximum atomic E-state index is 5.69. The third-order valence-electron chi connectivity index (χ3n) is 3.47. The van der Waals surface area contributed by atoms with E-state index < -0.39 is 0 Å². The van der Waals surface area contributed by atoms with E-state index in [1.165, 1.54) is 5.56 Å². The molecule has 1 fully saturated rings. The van der Waals surface area contributed by atoms with Crippen LogP contribution >= 0.6 is 0 Å². The van der Waals surface area contributed by atoms with Crippen LogP contribution in [0.5, 0.6) is 11.5 Å². The third-order valence-corrected chi connectivity index (χ3v) is 3.47. The molecule has 0 saturated carbocycles. The first-order valence-electron chi connectivity index (χ1n) is 5.61. The zero-order chi connectivity index (χ0) is 11.0. The van der Waals surface area contributed by atoms with Gasteiger partial charge >= 0.3 is 0 Å². The second-order valence-corrected chi connectivity index (χ2v) is 4.32. The van der Waals surface area contributed by atoms with E-state index in [0.717, 1.165) is 37.7 Å². The zero-order valence-electron chi connectivity index (χ0n) is 9.38. The molecule has 4 nitrogen and oxygen atoms in total. The van der Waals surface area contributed by atoms with Gasteiger partial charge in [-0.15, -0.1) is 0 Å². The number of nitrogens with one attached hydrogen (secondary N) is 2. The van der Waals surface area contributed by atoms with Gasteiger partial charge in [-0.25, -0.2) is 0 Å². The molecule has 2 aliphatic heterocycles. The highest BCUT2D eigenvalue weighted by Gasteiger charge is 2.40. The molecule has 1 aromatic carbocycles. The van der Waals surface area contributed by atoms with Gasteiger partial charge in [0.05, 0.1) is 19.3 Å². The summed E-state index contributed by atoms with van der Waals surface area (Å²) in [6, 6.07) is 6.02. The normalized spacial score (nSPS) is 27.6. The van der Waals surface area contributed by atoms with E-state index in [1.807, 2.05) is 12.1 Å². The topological polar surface area (TPSA) is 42.5 Å². The van der Waals surface area contributed by atoms with Crippen LogP contribution in [0, 0.1) is 0 Å². The van der Waals surface area contributed by atoms with Crippen molar-refractivity contribution in [1.82, 2.24) is 10.6 Å². The molecule has 16 heavy (non-hydrogen) atoms. The van der Waals surface area contributed by atoms with Gasteiger partial charge in [-0.1, -0.05) is 0 Å². The number of benzene rings is 1. The Balaban J connectivity index is 2.08. The quantitative estimate of drug-likeness (QED) is 0.735. The molecule has 3 rings (SSSR count). The molecule has 2 heterocycles. The first kappa shape index (κ1) is 9.93. The van der Waals surface area contributed by atoms with Gasteiger partial charge in [0, 0.05) is 25.2 Å². The van der Waals surface area contributed by atoms with Crippen molar-refractivity contribution in [3.63, 3.8) is 0 Å². The molecule has 2 aliphatic rings. The third kappa shape index (κ3) is 1.37. The van der Waals surface area contributed by atoms with Gasteiger partial charge in [-0.05, 0) is 18.2 Å². The van der Waals surface area contributed by atoms with E-state index in [-0.39, 0.29) is 5.54 Å². The summed E-state index contributed by atoms with van der Waals surface area (Å²) < 4.78 is 11.0. The van der Waals surface area contributed by atoms with Crippen LogP contribution in [0.1, 0.15) is 12.0 Å². The summed E-state index contributed by atoms with van der Waals surface area (Å²) in [5.41, 5.74) is 1.24. The lowest BCUT2D eigenvalue weighted by molar-refractivity contribution is 0.208. The molecule has 1 spiro atoms. The van der Waals surface area contributed by atoms with Gasteiger partial charge in [-0.2, -0.15) is 0 Å². The molecule has 4 heteroatoms. The van der Waals surface area contributed by atoms with Crippen molar-refractivity contribution < 1.29 is 9.47 Å². The highest BCUT2D eigenvalue weighted by Crippen LogP contribution is 2.39. The monoisotopic (exact) mass is 220 g/mol. The number of ether oxygens (including phenoxy) is 2. The van der Waals surface area contributed by atoms with Crippen molar-refractivity contribution in [1.29, 1.82) is 0 Å². The van der Waals surface area contributed by atoms with Crippen LogP contribution in [0.2, 0.25) is 0 Å². The first-order chi connectivity index (χ1) is 7.84. The van der Waals surface area contributed by atoms with Gasteiger partial charge < -0.3 is 14.8 Å².